The summed E-state index contributed by atoms with van der Waals surface area (Å²) in [6, 6.07) is 7.83. The Bertz CT molecular complexity index is 386. The maximum atomic E-state index is 5.81. The van der Waals surface area contributed by atoms with Crippen LogP contribution in [0.4, 0.5) is 0 Å². The van der Waals surface area contributed by atoms with Crippen LogP contribution >= 0.6 is 11.8 Å². The van der Waals surface area contributed by atoms with Crippen molar-refractivity contribution < 1.29 is 9.47 Å². The molecule has 0 bridgehead atoms. The third kappa shape index (κ3) is 5.79. The second-order valence-electron chi connectivity index (χ2n) is 5.00. The Balaban J connectivity index is 2.34. The zero-order chi connectivity index (χ0) is 15.6. The van der Waals surface area contributed by atoms with Gasteiger partial charge in [0.05, 0.1) is 6.61 Å². The van der Waals surface area contributed by atoms with Gasteiger partial charge in [-0.15, -0.1) is 0 Å². The van der Waals surface area contributed by atoms with Gasteiger partial charge in [0.1, 0.15) is 6.61 Å². The summed E-state index contributed by atoms with van der Waals surface area (Å²) in [5.74, 6) is 1.64. The average Bonchev–Trinajstić information content (AvgIpc) is 2.53. The van der Waals surface area contributed by atoms with Crippen molar-refractivity contribution in [1.82, 2.24) is 5.32 Å². The molecule has 0 unspecified atom stereocenters. The first kappa shape index (κ1) is 18.2. The molecule has 1 rings (SSSR count). The maximum Gasteiger partial charge on any atom is 0.161 e. The maximum absolute atomic E-state index is 5.81. The summed E-state index contributed by atoms with van der Waals surface area (Å²) in [7, 11) is 0. The second-order valence-corrected chi connectivity index (χ2v) is 6.27. The molecule has 120 valence electrons. The highest BCUT2D eigenvalue weighted by molar-refractivity contribution is 8.00. The van der Waals surface area contributed by atoms with Crippen molar-refractivity contribution >= 4 is 11.8 Å². The van der Waals surface area contributed by atoms with Crippen LogP contribution in [0.3, 0.4) is 0 Å². The van der Waals surface area contributed by atoms with Gasteiger partial charge in [-0.2, -0.15) is 11.8 Å². The Morgan fingerprint density at radius 1 is 1.05 bits per heavy atom. The zero-order valence-corrected chi connectivity index (χ0v) is 14.6. The van der Waals surface area contributed by atoms with Gasteiger partial charge in [-0.1, -0.05) is 26.0 Å². The Kier molecular flexibility index (Phi) is 8.62. The fourth-order valence-electron chi connectivity index (χ4n) is 2.25. The molecule has 21 heavy (non-hydrogen) atoms. The van der Waals surface area contributed by atoms with E-state index in [4.69, 9.17) is 9.47 Å². The third-order valence-electron chi connectivity index (χ3n) is 3.85. The number of para-hydroxylation sites is 2. The fraction of sp³-hybridized carbons (Fsp3) is 0.647. The summed E-state index contributed by atoms with van der Waals surface area (Å²) in [6.45, 7) is 9.69. The van der Waals surface area contributed by atoms with Crippen LogP contribution in [0.25, 0.3) is 0 Å². The molecule has 1 aromatic carbocycles. The molecule has 0 radical (unpaired) electrons. The number of rotatable bonds is 11. The molecule has 3 nitrogen and oxygen atoms in total. The van der Waals surface area contributed by atoms with Crippen molar-refractivity contribution in [2.24, 2.45) is 0 Å². The van der Waals surface area contributed by atoms with Gasteiger partial charge in [0, 0.05) is 17.8 Å². The molecule has 0 saturated heterocycles. The minimum atomic E-state index is 0.350. The Labute approximate surface area is 133 Å². The molecule has 0 heterocycles. The Morgan fingerprint density at radius 2 is 1.67 bits per heavy atom. The highest BCUT2D eigenvalue weighted by Gasteiger charge is 2.23. The first-order valence-corrected chi connectivity index (χ1v) is 9.04. The third-order valence-corrected chi connectivity index (χ3v) is 5.44. The van der Waals surface area contributed by atoms with Crippen LogP contribution in [-0.2, 0) is 0 Å². The number of hydrogen-bond donors (Lipinski definition) is 1. The largest absolute Gasteiger partial charge is 0.490 e. The van der Waals surface area contributed by atoms with E-state index in [-0.39, 0.29) is 0 Å². The van der Waals surface area contributed by atoms with Gasteiger partial charge < -0.3 is 14.8 Å². The topological polar surface area (TPSA) is 30.5 Å². The molecule has 0 atom stereocenters. The molecule has 0 saturated carbocycles. The van der Waals surface area contributed by atoms with Crippen molar-refractivity contribution in [2.75, 3.05) is 32.6 Å². The van der Waals surface area contributed by atoms with E-state index in [2.05, 4.69) is 25.4 Å². The van der Waals surface area contributed by atoms with Crippen LogP contribution in [0.15, 0.2) is 24.3 Å². The lowest BCUT2D eigenvalue weighted by atomic mass is 10.0. The minimum absolute atomic E-state index is 0.350. The Hall–Kier alpha value is -0.870. The van der Waals surface area contributed by atoms with Crippen LogP contribution in [0.1, 0.15) is 33.6 Å². The number of thioether (sulfide) groups is 1. The van der Waals surface area contributed by atoms with Crippen LogP contribution < -0.4 is 14.8 Å². The highest BCUT2D eigenvalue weighted by atomic mass is 32.2. The van der Waals surface area contributed by atoms with Gasteiger partial charge in [0.25, 0.3) is 0 Å². The normalized spacial score (nSPS) is 11.4. The lowest BCUT2D eigenvalue weighted by Gasteiger charge is -2.30. The smallest absolute Gasteiger partial charge is 0.161 e. The fourth-order valence-corrected chi connectivity index (χ4v) is 3.08. The van der Waals surface area contributed by atoms with Crippen LogP contribution in [0.5, 0.6) is 11.5 Å². The minimum Gasteiger partial charge on any atom is -0.490 e. The number of ether oxygens (including phenoxy) is 2. The SMILES string of the molecule is CCOc1ccccc1OCCNCC(CC)(CC)SC. The molecule has 0 aliphatic rings. The number of hydrogen-bond acceptors (Lipinski definition) is 4. The van der Waals surface area contributed by atoms with E-state index >= 15 is 0 Å². The van der Waals surface area contributed by atoms with E-state index in [1.165, 1.54) is 12.8 Å². The van der Waals surface area contributed by atoms with Gasteiger partial charge in [0.15, 0.2) is 11.5 Å². The second kappa shape index (κ2) is 9.96. The zero-order valence-electron chi connectivity index (χ0n) is 13.8. The molecule has 4 heteroatoms. The summed E-state index contributed by atoms with van der Waals surface area (Å²) in [5, 5.41) is 3.51. The quantitative estimate of drug-likeness (QED) is 0.626. The summed E-state index contributed by atoms with van der Waals surface area (Å²) in [5.41, 5.74) is 0. The number of nitrogens with one attached hydrogen (secondary N) is 1. The summed E-state index contributed by atoms with van der Waals surface area (Å²) in [6.07, 6.45) is 4.57. The van der Waals surface area contributed by atoms with Gasteiger partial charge in [-0.3, -0.25) is 0 Å². The van der Waals surface area contributed by atoms with Gasteiger partial charge >= 0.3 is 0 Å². The standard InChI is InChI=1S/C17H29NO2S/c1-5-17(6-2,21-4)14-18-12-13-20-16-11-9-8-10-15(16)19-7-3/h8-11,18H,5-7,12-14H2,1-4H3. The van der Waals surface area contributed by atoms with Crippen LogP contribution in [-0.4, -0.2) is 37.3 Å². The number of benzene rings is 1. The van der Waals surface area contributed by atoms with E-state index in [1.54, 1.807) is 0 Å². The molecule has 0 amide bonds. The van der Waals surface area contributed by atoms with Crippen molar-refractivity contribution in [1.29, 1.82) is 0 Å². The molecular weight excluding hydrogens is 282 g/mol. The van der Waals surface area contributed by atoms with E-state index < -0.39 is 0 Å². The van der Waals surface area contributed by atoms with Gasteiger partial charge in [0.2, 0.25) is 0 Å². The van der Waals surface area contributed by atoms with Crippen LogP contribution in [0, 0.1) is 0 Å². The molecule has 0 aromatic heterocycles. The van der Waals surface area contributed by atoms with E-state index in [0.29, 0.717) is 18.0 Å². The molecule has 0 aliphatic heterocycles. The van der Waals surface area contributed by atoms with Crippen molar-refractivity contribution in [3.05, 3.63) is 24.3 Å². The lowest BCUT2D eigenvalue weighted by molar-refractivity contribution is 0.274. The van der Waals surface area contributed by atoms with Crippen molar-refractivity contribution in [3.63, 3.8) is 0 Å². The first-order chi connectivity index (χ1) is 10.2. The summed E-state index contributed by atoms with van der Waals surface area (Å²) in [4.78, 5) is 0. The van der Waals surface area contributed by atoms with E-state index in [9.17, 15) is 0 Å². The first-order valence-electron chi connectivity index (χ1n) is 7.81. The van der Waals surface area contributed by atoms with Crippen LogP contribution in [0.2, 0.25) is 0 Å². The monoisotopic (exact) mass is 311 g/mol. The lowest BCUT2D eigenvalue weighted by Crippen LogP contribution is -2.38. The molecule has 0 spiro atoms. The average molecular weight is 311 g/mol. The highest BCUT2D eigenvalue weighted by Crippen LogP contribution is 2.29. The van der Waals surface area contributed by atoms with E-state index in [0.717, 1.165) is 24.6 Å². The Morgan fingerprint density at radius 3 is 2.19 bits per heavy atom. The molecule has 0 fully saturated rings. The predicted molar refractivity (Wildman–Crippen MR) is 92.8 cm³/mol. The molecule has 1 N–H and O–H groups in total. The van der Waals surface area contributed by atoms with Gasteiger partial charge in [-0.05, 0) is 38.2 Å². The molecule has 0 aliphatic carbocycles. The van der Waals surface area contributed by atoms with Gasteiger partial charge in [-0.25, -0.2) is 0 Å². The van der Waals surface area contributed by atoms with Crippen molar-refractivity contribution in [3.8, 4) is 11.5 Å². The molecular formula is C17H29NO2S. The summed E-state index contributed by atoms with van der Waals surface area (Å²) < 4.78 is 11.7. The van der Waals surface area contributed by atoms with E-state index in [1.807, 2.05) is 43.0 Å². The predicted octanol–water partition coefficient (Wildman–Crippen LogP) is 3.98. The van der Waals surface area contributed by atoms with Crippen molar-refractivity contribution in [2.45, 2.75) is 38.4 Å². The summed E-state index contributed by atoms with van der Waals surface area (Å²) >= 11 is 1.96. The molecule has 1 aromatic rings.